The molecule has 1 heterocycles. The Morgan fingerprint density at radius 3 is 3.30 bits per heavy atom. The average molecular weight is 139 g/mol. The lowest BCUT2D eigenvalue weighted by Gasteiger charge is -2.27. The fourth-order valence-corrected chi connectivity index (χ4v) is 1.78. The molecule has 1 unspecified atom stereocenters. The highest BCUT2D eigenvalue weighted by Gasteiger charge is 2.22. The molecule has 2 heteroatoms. The standard InChI is InChI=1S/C8H13NO/c1-2-4-8-7(3-1)5-10-6-9-8/h7H,1-6H2. The topological polar surface area (TPSA) is 21.6 Å². The first-order chi connectivity index (χ1) is 4.97. The van der Waals surface area contributed by atoms with Crippen molar-refractivity contribution in [1.29, 1.82) is 0 Å². The third-order valence-corrected chi connectivity index (χ3v) is 2.38. The van der Waals surface area contributed by atoms with E-state index in [0.29, 0.717) is 12.6 Å². The van der Waals surface area contributed by atoms with Gasteiger partial charge in [-0.3, -0.25) is 4.99 Å². The van der Waals surface area contributed by atoms with Gasteiger partial charge in [-0.25, -0.2) is 0 Å². The highest BCUT2D eigenvalue weighted by atomic mass is 16.5. The highest BCUT2D eigenvalue weighted by Crippen LogP contribution is 2.24. The van der Waals surface area contributed by atoms with Crippen molar-refractivity contribution < 1.29 is 4.74 Å². The van der Waals surface area contributed by atoms with Gasteiger partial charge >= 0.3 is 0 Å². The second kappa shape index (κ2) is 2.70. The van der Waals surface area contributed by atoms with Crippen molar-refractivity contribution in [2.24, 2.45) is 10.9 Å². The quantitative estimate of drug-likeness (QED) is 0.499. The van der Waals surface area contributed by atoms with Crippen LogP contribution in [0.3, 0.4) is 0 Å². The van der Waals surface area contributed by atoms with Crippen LogP contribution in [0.5, 0.6) is 0 Å². The molecule has 10 heavy (non-hydrogen) atoms. The molecule has 56 valence electrons. The zero-order valence-corrected chi connectivity index (χ0v) is 6.18. The molecule has 2 aliphatic rings. The lowest BCUT2D eigenvalue weighted by atomic mass is 9.87. The first kappa shape index (κ1) is 6.35. The largest absolute Gasteiger partial charge is 0.359 e. The van der Waals surface area contributed by atoms with Gasteiger partial charge in [-0.15, -0.1) is 0 Å². The third-order valence-electron chi connectivity index (χ3n) is 2.38. The van der Waals surface area contributed by atoms with E-state index in [2.05, 4.69) is 4.99 Å². The van der Waals surface area contributed by atoms with E-state index in [1.807, 2.05) is 0 Å². The van der Waals surface area contributed by atoms with Crippen LogP contribution < -0.4 is 0 Å². The summed E-state index contributed by atoms with van der Waals surface area (Å²) < 4.78 is 5.25. The SMILES string of the molecule is C1CCC2COCN=C2C1. The van der Waals surface area contributed by atoms with Gasteiger partial charge in [0.1, 0.15) is 6.73 Å². The van der Waals surface area contributed by atoms with E-state index in [9.17, 15) is 0 Å². The van der Waals surface area contributed by atoms with Crippen molar-refractivity contribution in [3.8, 4) is 0 Å². The Morgan fingerprint density at radius 1 is 1.40 bits per heavy atom. The van der Waals surface area contributed by atoms with Crippen molar-refractivity contribution in [1.82, 2.24) is 0 Å². The van der Waals surface area contributed by atoms with Crippen LogP contribution in [0.25, 0.3) is 0 Å². The van der Waals surface area contributed by atoms with Gasteiger partial charge in [0.2, 0.25) is 0 Å². The van der Waals surface area contributed by atoms with Crippen LogP contribution in [0.15, 0.2) is 4.99 Å². The number of ether oxygens (including phenoxy) is 1. The first-order valence-electron chi connectivity index (χ1n) is 4.08. The van der Waals surface area contributed by atoms with Crippen LogP contribution in [-0.4, -0.2) is 19.0 Å². The summed E-state index contributed by atoms with van der Waals surface area (Å²) in [5, 5.41) is 0. The Labute approximate surface area is 61.3 Å². The minimum absolute atomic E-state index is 0.617. The van der Waals surface area contributed by atoms with Crippen LogP contribution in [-0.2, 0) is 4.74 Å². The molecular formula is C8H13NO. The normalized spacial score (nSPS) is 32.8. The first-order valence-corrected chi connectivity index (χ1v) is 4.08. The summed E-state index contributed by atoms with van der Waals surface area (Å²) in [6.07, 6.45) is 5.25. The van der Waals surface area contributed by atoms with E-state index in [1.165, 1.54) is 31.4 Å². The van der Waals surface area contributed by atoms with Crippen LogP contribution in [0.4, 0.5) is 0 Å². The van der Waals surface area contributed by atoms with Crippen LogP contribution in [0.1, 0.15) is 25.7 Å². The fourth-order valence-electron chi connectivity index (χ4n) is 1.78. The van der Waals surface area contributed by atoms with Crippen molar-refractivity contribution in [2.75, 3.05) is 13.3 Å². The van der Waals surface area contributed by atoms with E-state index in [0.717, 1.165) is 6.61 Å². The van der Waals surface area contributed by atoms with E-state index in [-0.39, 0.29) is 0 Å². The van der Waals surface area contributed by atoms with Crippen molar-refractivity contribution in [3.05, 3.63) is 0 Å². The molecule has 0 bridgehead atoms. The van der Waals surface area contributed by atoms with Gasteiger partial charge in [-0.05, 0) is 19.3 Å². The smallest absolute Gasteiger partial charge is 0.137 e. The Kier molecular flexibility index (Phi) is 1.72. The second-order valence-electron chi connectivity index (χ2n) is 3.09. The van der Waals surface area contributed by atoms with Crippen molar-refractivity contribution >= 4 is 5.71 Å². The summed E-state index contributed by atoms with van der Waals surface area (Å²) in [7, 11) is 0. The van der Waals surface area contributed by atoms with Gasteiger partial charge < -0.3 is 4.74 Å². The maximum atomic E-state index is 5.25. The Hall–Kier alpha value is -0.370. The minimum Gasteiger partial charge on any atom is -0.359 e. The zero-order valence-electron chi connectivity index (χ0n) is 6.18. The predicted octanol–water partition coefficient (Wildman–Crippen LogP) is 1.61. The van der Waals surface area contributed by atoms with Gasteiger partial charge in [0.15, 0.2) is 0 Å². The fraction of sp³-hybridized carbons (Fsp3) is 0.875. The number of aliphatic imine (C=N–C) groups is 1. The maximum absolute atomic E-state index is 5.25. The van der Waals surface area contributed by atoms with E-state index in [1.54, 1.807) is 0 Å². The summed E-state index contributed by atoms with van der Waals surface area (Å²) in [4.78, 5) is 4.35. The van der Waals surface area contributed by atoms with E-state index in [4.69, 9.17) is 4.74 Å². The van der Waals surface area contributed by atoms with Gasteiger partial charge in [-0.2, -0.15) is 0 Å². The number of nitrogens with zero attached hydrogens (tertiary/aromatic N) is 1. The number of rotatable bonds is 0. The molecule has 1 saturated carbocycles. The van der Waals surface area contributed by atoms with Crippen LogP contribution in [0, 0.1) is 5.92 Å². The number of fused-ring (bicyclic) bond motifs is 1. The summed E-state index contributed by atoms with van der Waals surface area (Å²) >= 11 is 0. The van der Waals surface area contributed by atoms with Gasteiger partial charge in [0, 0.05) is 11.6 Å². The molecule has 0 spiro atoms. The van der Waals surface area contributed by atoms with Crippen LogP contribution >= 0.6 is 0 Å². The minimum atomic E-state index is 0.617. The Bertz CT molecular complexity index is 153. The van der Waals surface area contributed by atoms with E-state index < -0.39 is 0 Å². The molecule has 0 N–H and O–H groups in total. The molecule has 0 aromatic heterocycles. The number of hydrogen-bond donors (Lipinski definition) is 0. The highest BCUT2D eigenvalue weighted by molar-refractivity contribution is 5.87. The van der Waals surface area contributed by atoms with Gasteiger partial charge in [0.25, 0.3) is 0 Å². The molecule has 2 nitrogen and oxygen atoms in total. The molecule has 0 radical (unpaired) electrons. The average Bonchev–Trinajstić information content (AvgIpc) is 2.05. The molecule has 2 rings (SSSR count). The van der Waals surface area contributed by atoms with Crippen molar-refractivity contribution in [2.45, 2.75) is 25.7 Å². The molecule has 0 saturated heterocycles. The summed E-state index contributed by atoms with van der Waals surface area (Å²) in [5.74, 6) is 0.683. The molecule has 1 aliphatic carbocycles. The molecular weight excluding hydrogens is 126 g/mol. The maximum Gasteiger partial charge on any atom is 0.137 e. The molecule has 0 amide bonds. The lowest BCUT2D eigenvalue weighted by Crippen LogP contribution is -2.28. The van der Waals surface area contributed by atoms with Crippen molar-refractivity contribution in [3.63, 3.8) is 0 Å². The van der Waals surface area contributed by atoms with Crippen LogP contribution in [0.2, 0.25) is 0 Å². The zero-order chi connectivity index (χ0) is 6.81. The second-order valence-corrected chi connectivity index (χ2v) is 3.09. The molecule has 0 aromatic carbocycles. The number of hydrogen-bond acceptors (Lipinski definition) is 2. The molecule has 1 atom stereocenters. The van der Waals surface area contributed by atoms with Gasteiger partial charge in [0.05, 0.1) is 6.61 Å². The van der Waals surface area contributed by atoms with Gasteiger partial charge in [-0.1, -0.05) is 6.42 Å². The summed E-state index contributed by atoms with van der Waals surface area (Å²) in [6, 6.07) is 0. The molecule has 0 aromatic rings. The Morgan fingerprint density at radius 2 is 2.40 bits per heavy atom. The molecule has 1 fully saturated rings. The third kappa shape index (κ3) is 1.08. The molecule has 1 aliphatic heterocycles. The van der Waals surface area contributed by atoms with E-state index >= 15 is 0 Å². The summed E-state index contributed by atoms with van der Waals surface area (Å²) in [6.45, 7) is 1.55. The lowest BCUT2D eigenvalue weighted by molar-refractivity contribution is 0.104. The Balaban J connectivity index is 2.08. The summed E-state index contributed by atoms with van der Waals surface area (Å²) in [5.41, 5.74) is 1.43. The predicted molar refractivity (Wildman–Crippen MR) is 40.2 cm³/mol. The monoisotopic (exact) mass is 139 g/mol.